The van der Waals surface area contributed by atoms with Crippen LogP contribution in [-0.4, -0.2) is 0 Å². The summed E-state index contributed by atoms with van der Waals surface area (Å²) in [5.74, 6) is 0. The van der Waals surface area contributed by atoms with Gasteiger partial charge in [-0.1, -0.05) is 0 Å². The summed E-state index contributed by atoms with van der Waals surface area (Å²) in [4.78, 5) is 0. The van der Waals surface area contributed by atoms with Gasteiger partial charge in [0.1, 0.15) is 0 Å². The van der Waals surface area contributed by atoms with Gasteiger partial charge in [-0.2, -0.15) is 0 Å². The summed E-state index contributed by atoms with van der Waals surface area (Å²) >= 11 is -4.29. The topological polar surface area (TPSA) is 63.2 Å². The molecular formula is CuO3Zr. The fourth-order valence-electron chi connectivity index (χ4n) is 0. The summed E-state index contributed by atoms with van der Waals surface area (Å²) in [5, 5.41) is 0. The molecule has 0 aliphatic rings. The van der Waals surface area contributed by atoms with E-state index in [4.69, 9.17) is 9.18 Å². The predicted octanol–water partition coefficient (Wildman–Crippen LogP) is -2.50. The molecular weight excluding hydrogens is 203 g/mol. The van der Waals surface area contributed by atoms with Crippen molar-refractivity contribution in [3.05, 3.63) is 0 Å². The van der Waals surface area contributed by atoms with E-state index < -0.39 is 22.6 Å². The van der Waals surface area contributed by atoms with E-state index in [1.54, 1.807) is 0 Å². The number of hydrogen-bond acceptors (Lipinski definition) is 3. The molecule has 0 aromatic heterocycles. The number of hydrogen-bond donors (Lipinski definition) is 0. The summed E-state index contributed by atoms with van der Waals surface area (Å²) in [5.41, 5.74) is 0. The zero-order valence-electron chi connectivity index (χ0n) is 2.03. The van der Waals surface area contributed by atoms with Gasteiger partial charge in [-0.05, 0) is 0 Å². The molecule has 0 atom stereocenters. The maximum atomic E-state index is 8.61. The molecule has 0 aliphatic carbocycles. The van der Waals surface area contributed by atoms with Crippen LogP contribution in [0.25, 0.3) is 0 Å². The van der Waals surface area contributed by atoms with E-state index in [0.29, 0.717) is 0 Å². The first-order valence-electron chi connectivity index (χ1n) is 0.612. The van der Waals surface area contributed by atoms with E-state index in [1.807, 2.05) is 0 Å². The fourth-order valence-corrected chi connectivity index (χ4v) is 0. The Morgan fingerprint density at radius 3 is 1.40 bits per heavy atom. The van der Waals surface area contributed by atoms with Gasteiger partial charge < -0.3 is 0 Å². The first-order valence-corrected chi connectivity index (χ1v) is 3.62. The normalized spacial score (nSPS) is 5.20. The van der Waals surface area contributed by atoms with Crippen LogP contribution in [0.15, 0.2) is 0 Å². The van der Waals surface area contributed by atoms with Crippen LogP contribution in [0.5, 0.6) is 0 Å². The van der Waals surface area contributed by atoms with Crippen molar-refractivity contribution < 1.29 is 48.9 Å². The van der Waals surface area contributed by atoms with Crippen LogP contribution < -0.4 is 6.37 Å². The molecule has 0 saturated carbocycles. The molecule has 5 heteroatoms. The van der Waals surface area contributed by atoms with Gasteiger partial charge in [0.25, 0.3) is 0 Å². The molecule has 0 bridgehead atoms. The molecule has 0 amide bonds. The van der Waals surface area contributed by atoms with Crippen molar-refractivity contribution in [2.24, 2.45) is 0 Å². The molecule has 0 rings (SSSR count). The van der Waals surface area contributed by atoms with Gasteiger partial charge in [0.2, 0.25) is 0 Å². The van der Waals surface area contributed by atoms with Crippen molar-refractivity contribution in [1.29, 1.82) is 0 Å². The van der Waals surface area contributed by atoms with E-state index >= 15 is 0 Å². The zero-order chi connectivity index (χ0) is 3.58. The SMILES string of the molecule is [Cu+2].[O]=[Zr]([O-])[O-]. The second-order valence-corrected chi connectivity index (χ2v) is 1.48. The van der Waals surface area contributed by atoms with Gasteiger partial charge in [0, 0.05) is 0 Å². The van der Waals surface area contributed by atoms with E-state index in [0.717, 1.165) is 0 Å². The van der Waals surface area contributed by atoms with Crippen LogP contribution >= 0.6 is 0 Å². The Kier molecular flexibility index (Phi) is 9.68. The van der Waals surface area contributed by atoms with Crippen molar-refractivity contribution in [2.75, 3.05) is 0 Å². The summed E-state index contributed by atoms with van der Waals surface area (Å²) in [6.07, 6.45) is 0. The molecule has 0 saturated heterocycles. The van der Waals surface area contributed by atoms with Crippen molar-refractivity contribution in [3.63, 3.8) is 0 Å². The van der Waals surface area contributed by atoms with Crippen molar-refractivity contribution in [3.8, 4) is 0 Å². The second kappa shape index (κ2) is 5.12. The third-order valence-corrected chi connectivity index (χ3v) is 0. The fraction of sp³-hybridized carbons (Fsp3) is 0. The monoisotopic (exact) mass is 201 g/mol. The summed E-state index contributed by atoms with van der Waals surface area (Å²) in [7, 11) is 0. The first-order chi connectivity index (χ1) is 1.73. The van der Waals surface area contributed by atoms with Gasteiger partial charge in [-0.15, -0.1) is 0 Å². The molecule has 0 aromatic carbocycles. The summed E-state index contributed by atoms with van der Waals surface area (Å²) in [6, 6.07) is 0. The predicted molar refractivity (Wildman–Crippen MR) is 0.686 cm³/mol. The van der Waals surface area contributed by atoms with Crippen LogP contribution in [0, 0.1) is 0 Å². The Balaban J connectivity index is 0. The molecule has 5 heavy (non-hydrogen) atoms. The van der Waals surface area contributed by atoms with Gasteiger partial charge >= 0.3 is 48.9 Å². The maximum absolute atomic E-state index is 8.61. The zero-order valence-corrected chi connectivity index (χ0v) is 5.43. The minimum absolute atomic E-state index is 0. The van der Waals surface area contributed by atoms with Crippen molar-refractivity contribution >= 4 is 0 Å². The molecule has 0 heterocycles. The average Bonchev–Trinajstić information content (AvgIpc) is 0.811. The Morgan fingerprint density at radius 1 is 1.40 bits per heavy atom. The van der Waals surface area contributed by atoms with Gasteiger partial charge in [0.05, 0.1) is 0 Å². The van der Waals surface area contributed by atoms with Crippen LogP contribution in [0.2, 0.25) is 0 Å². The van der Waals surface area contributed by atoms with Crippen LogP contribution in [0.1, 0.15) is 0 Å². The number of rotatable bonds is 0. The van der Waals surface area contributed by atoms with Gasteiger partial charge in [-0.3, -0.25) is 0 Å². The van der Waals surface area contributed by atoms with Crippen molar-refractivity contribution in [2.45, 2.75) is 0 Å². The third kappa shape index (κ3) is 39.6. The average molecular weight is 203 g/mol. The van der Waals surface area contributed by atoms with Gasteiger partial charge in [-0.25, -0.2) is 0 Å². The van der Waals surface area contributed by atoms with E-state index in [9.17, 15) is 0 Å². The molecule has 0 aromatic rings. The molecule has 0 spiro atoms. The third-order valence-electron chi connectivity index (χ3n) is 0. The van der Waals surface area contributed by atoms with Crippen LogP contribution in [0.4, 0.5) is 0 Å². The molecule has 0 fully saturated rings. The second-order valence-electron chi connectivity index (χ2n) is 0.250. The standard InChI is InChI=1S/Cu.3O.Zr/q+2;;2*-1;. The summed E-state index contributed by atoms with van der Waals surface area (Å²) in [6.45, 7) is 0. The quantitative estimate of drug-likeness (QED) is 0.408. The van der Waals surface area contributed by atoms with Crippen molar-refractivity contribution in [1.82, 2.24) is 0 Å². The Labute approximate surface area is 48.8 Å². The molecule has 0 unspecified atom stereocenters. The summed E-state index contributed by atoms with van der Waals surface area (Å²) < 4.78 is 25.8. The van der Waals surface area contributed by atoms with E-state index in [2.05, 4.69) is 0 Å². The Bertz CT molecular complexity index is 29.9. The first kappa shape index (κ1) is 9.45. The Hall–Kier alpha value is 1.12. The van der Waals surface area contributed by atoms with E-state index in [-0.39, 0.29) is 17.1 Å². The molecule has 0 N–H and O–H groups in total. The molecule has 33 valence electrons. The van der Waals surface area contributed by atoms with Gasteiger partial charge in [0.15, 0.2) is 0 Å². The minimum atomic E-state index is -4.29. The molecule has 1 radical (unpaired) electrons. The van der Waals surface area contributed by atoms with Crippen LogP contribution in [0.3, 0.4) is 0 Å². The Morgan fingerprint density at radius 2 is 1.40 bits per heavy atom. The van der Waals surface area contributed by atoms with E-state index in [1.165, 1.54) is 0 Å². The molecule has 0 aliphatic heterocycles. The van der Waals surface area contributed by atoms with Crippen LogP contribution in [-0.2, 0) is 42.5 Å². The molecule has 3 nitrogen and oxygen atoms in total.